The summed E-state index contributed by atoms with van der Waals surface area (Å²) in [4.78, 5) is 0. The van der Waals surface area contributed by atoms with E-state index in [1.54, 1.807) is 12.7 Å². The molecule has 0 aliphatic heterocycles. The summed E-state index contributed by atoms with van der Waals surface area (Å²) in [6, 6.07) is 11.4. The van der Waals surface area contributed by atoms with Crippen molar-refractivity contribution in [3.63, 3.8) is 0 Å². The third kappa shape index (κ3) is 6.16. The first-order chi connectivity index (χ1) is 13.7. The van der Waals surface area contributed by atoms with Crippen LogP contribution in [0, 0.1) is 0 Å². The SMILES string of the molecule is COc1cc(CNCCC2=CCCCC2)c(Cl)cc1OCc1cccc(Cl)c1. The lowest BCUT2D eigenvalue weighted by Gasteiger charge is -2.15. The lowest BCUT2D eigenvalue weighted by molar-refractivity contribution is 0.284. The van der Waals surface area contributed by atoms with Gasteiger partial charge in [0.1, 0.15) is 6.61 Å². The molecular formula is C23H27Cl2NO2. The highest BCUT2D eigenvalue weighted by molar-refractivity contribution is 6.31. The summed E-state index contributed by atoms with van der Waals surface area (Å²) < 4.78 is 11.4. The first-order valence-corrected chi connectivity index (χ1v) is 10.5. The van der Waals surface area contributed by atoms with Crippen LogP contribution in [-0.2, 0) is 13.2 Å². The first-order valence-electron chi connectivity index (χ1n) is 9.78. The number of halogens is 2. The molecule has 1 aliphatic rings. The van der Waals surface area contributed by atoms with Gasteiger partial charge in [-0.3, -0.25) is 0 Å². The maximum absolute atomic E-state index is 6.48. The first kappa shape index (κ1) is 21.0. The topological polar surface area (TPSA) is 30.5 Å². The van der Waals surface area contributed by atoms with E-state index in [9.17, 15) is 0 Å². The van der Waals surface area contributed by atoms with Crippen LogP contribution in [0.15, 0.2) is 48.0 Å². The molecule has 2 aromatic rings. The van der Waals surface area contributed by atoms with Crippen LogP contribution in [0.1, 0.15) is 43.2 Å². The number of methoxy groups -OCH3 is 1. The number of rotatable bonds is 9. The highest BCUT2D eigenvalue weighted by atomic mass is 35.5. The second-order valence-electron chi connectivity index (χ2n) is 7.05. The molecule has 0 amide bonds. The minimum absolute atomic E-state index is 0.403. The second kappa shape index (κ2) is 10.8. The van der Waals surface area contributed by atoms with Crippen molar-refractivity contribution in [1.29, 1.82) is 0 Å². The van der Waals surface area contributed by atoms with Crippen LogP contribution >= 0.6 is 23.2 Å². The summed E-state index contributed by atoms with van der Waals surface area (Å²) in [5.41, 5.74) is 3.58. The zero-order valence-electron chi connectivity index (χ0n) is 16.3. The highest BCUT2D eigenvalue weighted by Crippen LogP contribution is 2.34. The highest BCUT2D eigenvalue weighted by Gasteiger charge is 2.11. The summed E-state index contributed by atoms with van der Waals surface area (Å²) >= 11 is 12.5. The molecule has 0 atom stereocenters. The van der Waals surface area contributed by atoms with Crippen LogP contribution in [0.2, 0.25) is 10.0 Å². The predicted octanol–water partition coefficient (Wildman–Crippen LogP) is 6.56. The van der Waals surface area contributed by atoms with Gasteiger partial charge in [-0.05, 0) is 68.0 Å². The smallest absolute Gasteiger partial charge is 0.163 e. The Balaban J connectivity index is 1.56. The number of benzene rings is 2. The van der Waals surface area contributed by atoms with E-state index in [4.69, 9.17) is 32.7 Å². The normalized spacial score (nSPS) is 13.9. The molecule has 3 rings (SSSR count). The summed E-state index contributed by atoms with van der Waals surface area (Å²) in [5.74, 6) is 1.31. The zero-order chi connectivity index (χ0) is 19.8. The van der Waals surface area contributed by atoms with E-state index in [2.05, 4.69) is 11.4 Å². The number of ether oxygens (including phenoxy) is 2. The Morgan fingerprint density at radius 3 is 2.71 bits per heavy atom. The lowest BCUT2D eigenvalue weighted by Crippen LogP contribution is -2.16. The molecule has 150 valence electrons. The molecule has 0 unspecified atom stereocenters. The van der Waals surface area contributed by atoms with Crippen LogP contribution in [0.4, 0.5) is 0 Å². The van der Waals surface area contributed by atoms with Gasteiger partial charge >= 0.3 is 0 Å². The number of allylic oxidation sites excluding steroid dienone is 1. The van der Waals surface area contributed by atoms with Crippen molar-refractivity contribution in [2.24, 2.45) is 0 Å². The van der Waals surface area contributed by atoms with Crippen molar-refractivity contribution < 1.29 is 9.47 Å². The summed E-state index contributed by atoms with van der Waals surface area (Å²) in [6.07, 6.45) is 8.64. The van der Waals surface area contributed by atoms with Crippen molar-refractivity contribution in [2.45, 2.75) is 45.3 Å². The molecular weight excluding hydrogens is 393 g/mol. The van der Waals surface area contributed by atoms with Crippen molar-refractivity contribution >= 4 is 23.2 Å². The number of hydrogen-bond donors (Lipinski definition) is 1. The van der Waals surface area contributed by atoms with E-state index < -0.39 is 0 Å². The van der Waals surface area contributed by atoms with Gasteiger partial charge in [0.15, 0.2) is 11.5 Å². The molecule has 0 radical (unpaired) electrons. The second-order valence-corrected chi connectivity index (χ2v) is 7.89. The van der Waals surface area contributed by atoms with Gasteiger partial charge < -0.3 is 14.8 Å². The Bertz CT molecular complexity index is 820. The van der Waals surface area contributed by atoms with E-state index in [0.717, 1.165) is 24.1 Å². The molecule has 3 nitrogen and oxygen atoms in total. The minimum Gasteiger partial charge on any atom is -0.493 e. The van der Waals surface area contributed by atoms with E-state index in [1.807, 2.05) is 36.4 Å². The van der Waals surface area contributed by atoms with Crippen molar-refractivity contribution in [3.05, 3.63) is 69.2 Å². The van der Waals surface area contributed by atoms with Crippen molar-refractivity contribution in [2.75, 3.05) is 13.7 Å². The maximum atomic E-state index is 6.48. The van der Waals surface area contributed by atoms with Gasteiger partial charge in [-0.1, -0.05) is 47.0 Å². The molecule has 28 heavy (non-hydrogen) atoms. The third-order valence-corrected chi connectivity index (χ3v) is 5.53. The van der Waals surface area contributed by atoms with Gasteiger partial charge in [-0.25, -0.2) is 0 Å². The average molecular weight is 420 g/mol. The van der Waals surface area contributed by atoms with Gasteiger partial charge in [-0.15, -0.1) is 0 Å². The fourth-order valence-electron chi connectivity index (χ4n) is 3.38. The molecule has 0 heterocycles. The molecule has 0 bridgehead atoms. The Morgan fingerprint density at radius 1 is 1.07 bits per heavy atom. The lowest BCUT2D eigenvalue weighted by atomic mass is 9.97. The standard InChI is InChI=1S/C23H27Cl2NO2/c1-27-22-13-19(15-26-11-10-17-6-3-2-4-7-17)21(25)14-23(22)28-16-18-8-5-9-20(24)12-18/h5-6,8-9,12-14,26H,2-4,7,10-11,15-16H2,1H3. The van der Waals surface area contributed by atoms with E-state index in [-0.39, 0.29) is 0 Å². The van der Waals surface area contributed by atoms with Crippen molar-refractivity contribution in [1.82, 2.24) is 5.32 Å². The average Bonchev–Trinajstić information content (AvgIpc) is 2.71. The van der Waals surface area contributed by atoms with Crippen LogP contribution in [0.25, 0.3) is 0 Å². The molecule has 0 spiro atoms. The Labute approximate surface area is 177 Å². The van der Waals surface area contributed by atoms with Gasteiger partial charge in [0.05, 0.1) is 7.11 Å². The largest absolute Gasteiger partial charge is 0.493 e. The van der Waals surface area contributed by atoms with E-state index in [0.29, 0.717) is 34.7 Å². The fraction of sp³-hybridized carbons (Fsp3) is 0.391. The monoisotopic (exact) mass is 419 g/mol. The summed E-state index contributed by atoms with van der Waals surface area (Å²) in [7, 11) is 1.64. The van der Waals surface area contributed by atoms with Crippen LogP contribution in [0.5, 0.6) is 11.5 Å². The Morgan fingerprint density at radius 2 is 1.96 bits per heavy atom. The van der Waals surface area contributed by atoms with Gasteiger partial charge in [0.25, 0.3) is 0 Å². The minimum atomic E-state index is 0.403. The molecule has 0 fully saturated rings. The molecule has 0 aromatic heterocycles. The zero-order valence-corrected chi connectivity index (χ0v) is 17.8. The quantitative estimate of drug-likeness (QED) is 0.368. The van der Waals surface area contributed by atoms with Crippen LogP contribution in [0.3, 0.4) is 0 Å². The van der Waals surface area contributed by atoms with E-state index >= 15 is 0 Å². The molecule has 0 saturated heterocycles. The molecule has 0 saturated carbocycles. The Hall–Kier alpha value is -1.68. The molecule has 2 aromatic carbocycles. The molecule has 1 N–H and O–H groups in total. The fourth-order valence-corrected chi connectivity index (χ4v) is 3.81. The van der Waals surface area contributed by atoms with Crippen LogP contribution < -0.4 is 14.8 Å². The molecule has 5 heteroatoms. The Kier molecular flexibility index (Phi) is 8.08. The number of hydrogen-bond acceptors (Lipinski definition) is 3. The summed E-state index contributed by atoms with van der Waals surface area (Å²) in [6.45, 7) is 2.06. The molecule has 1 aliphatic carbocycles. The summed E-state index contributed by atoms with van der Waals surface area (Å²) in [5, 5.41) is 4.85. The van der Waals surface area contributed by atoms with Crippen LogP contribution in [-0.4, -0.2) is 13.7 Å². The predicted molar refractivity (Wildman–Crippen MR) is 117 cm³/mol. The van der Waals surface area contributed by atoms with Gasteiger partial charge in [0, 0.05) is 22.7 Å². The third-order valence-electron chi connectivity index (χ3n) is 4.94. The maximum Gasteiger partial charge on any atom is 0.163 e. The van der Waals surface area contributed by atoms with E-state index in [1.165, 1.54) is 25.7 Å². The number of nitrogens with one attached hydrogen (secondary N) is 1. The van der Waals surface area contributed by atoms with Crippen molar-refractivity contribution in [3.8, 4) is 11.5 Å². The van der Waals surface area contributed by atoms with Gasteiger partial charge in [-0.2, -0.15) is 0 Å². The van der Waals surface area contributed by atoms with Gasteiger partial charge in [0.2, 0.25) is 0 Å².